The van der Waals surface area contributed by atoms with Gasteiger partial charge in [-0.25, -0.2) is 4.79 Å². The van der Waals surface area contributed by atoms with Crippen LogP contribution in [0, 0.1) is 5.92 Å². The lowest BCUT2D eigenvalue weighted by Gasteiger charge is -2.51. The smallest absolute Gasteiger partial charge is 0.338 e. The van der Waals surface area contributed by atoms with Gasteiger partial charge in [-0.05, 0) is 40.5 Å². The molecule has 0 saturated carbocycles. The monoisotopic (exact) mass is 572 g/mol. The molecule has 1 saturated heterocycles. The van der Waals surface area contributed by atoms with Crippen molar-refractivity contribution in [2.24, 2.45) is 5.92 Å². The zero-order valence-electron chi connectivity index (χ0n) is 25.4. The van der Waals surface area contributed by atoms with E-state index in [1.807, 2.05) is 49.3 Å². The van der Waals surface area contributed by atoms with Crippen LogP contribution < -0.4 is 10.4 Å². The average molecular weight is 573 g/mol. The van der Waals surface area contributed by atoms with Crippen LogP contribution >= 0.6 is 0 Å². The molecule has 4 rings (SSSR count). The Morgan fingerprint density at radius 1 is 0.805 bits per heavy atom. The predicted octanol–water partition coefficient (Wildman–Crippen LogP) is 4.59. The molecule has 0 bridgehead atoms. The maximum atomic E-state index is 13.7. The van der Waals surface area contributed by atoms with Crippen LogP contribution in [0.5, 0.6) is 0 Å². The molecular weight excluding hydrogens is 528 g/mol. The fraction of sp³-hybridized carbons (Fsp3) is 0.412. The third-order valence-corrected chi connectivity index (χ3v) is 13.4. The van der Waals surface area contributed by atoms with Crippen molar-refractivity contribution in [3.63, 3.8) is 0 Å². The van der Waals surface area contributed by atoms with Crippen molar-refractivity contribution >= 4 is 30.6 Å². The molecule has 6 nitrogen and oxygen atoms in total. The SMILES string of the molecule is CC(C)[C@H]1C(=O)N(C)[C@H](CO[Si](c2ccccc2)(c2ccccc2)C(C)(C)C)[C@@H](COC(=O)c2ccccc2)N1C. The molecule has 1 amide bonds. The maximum Gasteiger partial charge on any atom is 0.338 e. The van der Waals surface area contributed by atoms with Crippen LogP contribution in [0.15, 0.2) is 91.0 Å². The number of esters is 1. The van der Waals surface area contributed by atoms with Crippen LogP contribution in [0.1, 0.15) is 45.0 Å². The van der Waals surface area contributed by atoms with Crippen LogP contribution in [0.25, 0.3) is 0 Å². The van der Waals surface area contributed by atoms with Gasteiger partial charge < -0.3 is 14.1 Å². The van der Waals surface area contributed by atoms with Gasteiger partial charge in [-0.1, -0.05) is 113 Å². The minimum absolute atomic E-state index is 0.0594. The fourth-order valence-electron chi connectivity index (χ4n) is 6.28. The van der Waals surface area contributed by atoms with Gasteiger partial charge in [0.05, 0.1) is 30.3 Å². The zero-order valence-corrected chi connectivity index (χ0v) is 26.4. The highest BCUT2D eigenvalue weighted by molar-refractivity contribution is 6.99. The van der Waals surface area contributed by atoms with Gasteiger partial charge in [-0.15, -0.1) is 0 Å². The number of carbonyl (C=O) groups excluding carboxylic acids is 2. The molecule has 41 heavy (non-hydrogen) atoms. The molecule has 3 aromatic carbocycles. The molecule has 0 radical (unpaired) electrons. The van der Waals surface area contributed by atoms with E-state index in [0.717, 1.165) is 0 Å². The minimum Gasteiger partial charge on any atom is -0.460 e. The highest BCUT2D eigenvalue weighted by Crippen LogP contribution is 2.37. The molecule has 1 heterocycles. The van der Waals surface area contributed by atoms with Gasteiger partial charge >= 0.3 is 5.97 Å². The lowest BCUT2D eigenvalue weighted by Crippen LogP contribution is -2.71. The summed E-state index contributed by atoms with van der Waals surface area (Å²) < 4.78 is 13.2. The Morgan fingerprint density at radius 2 is 1.29 bits per heavy atom. The molecule has 0 unspecified atom stereocenters. The zero-order chi connectivity index (χ0) is 29.8. The number of carbonyl (C=O) groups is 2. The average Bonchev–Trinajstić information content (AvgIpc) is 2.96. The van der Waals surface area contributed by atoms with Crippen LogP contribution in [0.3, 0.4) is 0 Å². The summed E-state index contributed by atoms with van der Waals surface area (Å²) in [6.07, 6.45) is 0. The molecule has 0 spiro atoms. The highest BCUT2D eigenvalue weighted by Gasteiger charge is 2.52. The normalized spacial score (nSPS) is 20.3. The van der Waals surface area contributed by atoms with Crippen molar-refractivity contribution in [2.45, 2.75) is 57.8 Å². The number of ether oxygens (including phenoxy) is 1. The second kappa shape index (κ2) is 12.7. The summed E-state index contributed by atoms with van der Waals surface area (Å²) in [6.45, 7) is 11.3. The summed E-state index contributed by atoms with van der Waals surface area (Å²) in [5, 5.41) is 2.17. The molecule has 0 N–H and O–H groups in total. The number of rotatable bonds is 9. The Bertz CT molecular complexity index is 1260. The van der Waals surface area contributed by atoms with Crippen molar-refractivity contribution in [1.82, 2.24) is 9.80 Å². The summed E-state index contributed by atoms with van der Waals surface area (Å²) >= 11 is 0. The molecule has 3 aromatic rings. The second-order valence-electron chi connectivity index (χ2n) is 12.4. The Balaban J connectivity index is 1.71. The number of benzene rings is 3. The van der Waals surface area contributed by atoms with Crippen molar-refractivity contribution < 1.29 is 18.8 Å². The van der Waals surface area contributed by atoms with Gasteiger partial charge in [-0.3, -0.25) is 9.69 Å². The lowest BCUT2D eigenvalue weighted by atomic mass is 9.92. The number of amides is 1. The predicted molar refractivity (Wildman–Crippen MR) is 167 cm³/mol. The van der Waals surface area contributed by atoms with Gasteiger partial charge in [0.1, 0.15) is 6.61 Å². The van der Waals surface area contributed by atoms with E-state index < -0.39 is 8.32 Å². The van der Waals surface area contributed by atoms with Gasteiger partial charge in [0.15, 0.2) is 0 Å². The van der Waals surface area contributed by atoms with Crippen molar-refractivity contribution in [2.75, 3.05) is 27.3 Å². The molecule has 0 aliphatic carbocycles. The van der Waals surface area contributed by atoms with Crippen LogP contribution in [0.2, 0.25) is 5.04 Å². The van der Waals surface area contributed by atoms with E-state index in [-0.39, 0.29) is 47.6 Å². The molecule has 7 heteroatoms. The van der Waals surface area contributed by atoms with Crippen molar-refractivity contribution in [1.29, 1.82) is 0 Å². The van der Waals surface area contributed by atoms with Crippen molar-refractivity contribution in [3.05, 3.63) is 96.6 Å². The first-order valence-electron chi connectivity index (χ1n) is 14.4. The molecule has 3 atom stereocenters. The molecule has 1 fully saturated rings. The summed E-state index contributed by atoms with van der Waals surface area (Å²) in [7, 11) is 0.985. The summed E-state index contributed by atoms with van der Waals surface area (Å²) in [5.41, 5.74) is 0.510. The van der Waals surface area contributed by atoms with E-state index in [9.17, 15) is 9.59 Å². The second-order valence-corrected chi connectivity index (χ2v) is 16.7. The maximum absolute atomic E-state index is 13.7. The van der Waals surface area contributed by atoms with Crippen LogP contribution in [-0.2, 0) is 14.0 Å². The van der Waals surface area contributed by atoms with Gasteiger partial charge in [0.2, 0.25) is 5.91 Å². The number of nitrogens with zero attached hydrogens (tertiary/aromatic N) is 2. The van der Waals surface area contributed by atoms with Crippen LogP contribution in [0.4, 0.5) is 0 Å². The first-order chi connectivity index (χ1) is 19.5. The molecular formula is C34H44N2O4Si. The fourth-order valence-corrected chi connectivity index (χ4v) is 10.9. The van der Waals surface area contributed by atoms with E-state index >= 15 is 0 Å². The molecule has 1 aliphatic rings. The Labute approximate surface area is 246 Å². The van der Waals surface area contributed by atoms with Gasteiger partial charge in [-0.2, -0.15) is 0 Å². The minimum atomic E-state index is -2.84. The largest absolute Gasteiger partial charge is 0.460 e. The van der Waals surface area contributed by atoms with E-state index in [1.54, 1.807) is 12.1 Å². The summed E-state index contributed by atoms with van der Waals surface area (Å²) in [5.74, 6) is -0.212. The number of piperazine rings is 1. The number of hydrogen-bond acceptors (Lipinski definition) is 5. The first kappa shape index (κ1) is 30.7. The third-order valence-electron chi connectivity index (χ3n) is 8.42. The summed E-state index contributed by atoms with van der Waals surface area (Å²) in [4.78, 5) is 30.5. The highest BCUT2D eigenvalue weighted by atomic mass is 28.4. The van der Waals surface area contributed by atoms with E-state index in [0.29, 0.717) is 12.2 Å². The Hall–Kier alpha value is -3.26. The number of hydrogen-bond donors (Lipinski definition) is 0. The van der Waals surface area contributed by atoms with Gasteiger partial charge in [0, 0.05) is 7.05 Å². The van der Waals surface area contributed by atoms with E-state index in [2.05, 4.69) is 88.0 Å². The third kappa shape index (κ3) is 6.17. The molecule has 218 valence electrons. The Kier molecular flexibility index (Phi) is 9.52. The topological polar surface area (TPSA) is 59.1 Å². The first-order valence-corrected chi connectivity index (χ1v) is 16.4. The molecule has 1 aliphatic heterocycles. The van der Waals surface area contributed by atoms with Gasteiger partial charge in [0.25, 0.3) is 8.32 Å². The van der Waals surface area contributed by atoms with Crippen molar-refractivity contribution in [3.8, 4) is 0 Å². The quantitative estimate of drug-likeness (QED) is 0.277. The molecule has 0 aromatic heterocycles. The Morgan fingerprint density at radius 3 is 1.76 bits per heavy atom. The van der Waals surface area contributed by atoms with E-state index in [4.69, 9.17) is 9.16 Å². The number of likely N-dealkylation sites (N-methyl/N-ethyl adjacent to an activating group) is 2. The lowest BCUT2D eigenvalue weighted by molar-refractivity contribution is -0.153. The van der Waals surface area contributed by atoms with Crippen LogP contribution in [-0.4, -0.2) is 75.4 Å². The van der Waals surface area contributed by atoms with E-state index in [1.165, 1.54) is 10.4 Å². The summed E-state index contributed by atoms with van der Waals surface area (Å²) in [6, 6.07) is 29.2. The standard InChI is InChI=1S/C34H44N2O4Si/c1-25(2)31-32(37)36(7)30(29(35(31)6)23-39-33(38)26-17-11-8-12-18-26)24-40-41(34(3,4)5,27-19-13-9-14-20-27)28-21-15-10-16-22-28/h8-22,25,29-31H,23-24H2,1-7H3/t29-,30-,31+/m1/s1.